The highest BCUT2D eigenvalue weighted by Crippen LogP contribution is 2.24. The van der Waals surface area contributed by atoms with E-state index >= 15 is 0 Å². The van der Waals surface area contributed by atoms with Crippen LogP contribution < -0.4 is 10.9 Å². The van der Waals surface area contributed by atoms with E-state index in [1.54, 1.807) is 24.0 Å². The second kappa shape index (κ2) is 7.77. The van der Waals surface area contributed by atoms with Gasteiger partial charge in [0.05, 0.1) is 12.2 Å². The van der Waals surface area contributed by atoms with Gasteiger partial charge in [-0.1, -0.05) is 24.3 Å². The van der Waals surface area contributed by atoms with Crippen LogP contribution in [0.3, 0.4) is 0 Å². The van der Waals surface area contributed by atoms with Gasteiger partial charge in [-0.3, -0.25) is 10.2 Å². The molecule has 0 aliphatic carbocycles. The maximum atomic E-state index is 12.4. The van der Waals surface area contributed by atoms with Crippen LogP contribution in [0.5, 0.6) is 5.75 Å². The SMILES string of the molecule is CCOC(=O)N1CC=C(NNC(=O)c2cc3ccccc3cc2O)CC1. The summed E-state index contributed by atoms with van der Waals surface area (Å²) in [7, 11) is 0. The molecule has 1 aliphatic rings. The van der Waals surface area contributed by atoms with Crippen LogP contribution in [-0.4, -0.2) is 41.7 Å². The Morgan fingerprint density at radius 2 is 1.96 bits per heavy atom. The normalized spacial score (nSPS) is 13.9. The summed E-state index contributed by atoms with van der Waals surface area (Å²) in [5.41, 5.74) is 6.45. The van der Waals surface area contributed by atoms with E-state index in [1.807, 2.05) is 30.3 Å². The highest BCUT2D eigenvalue weighted by Gasteiger charge is 2.19. The number of nitrogens with one attached hydrogen (secondary N) is 2. The van der Waals surface area contributed by atoms with E-state index in [0.717, 1.165) is 16.5 Å². The number of hydrazine groups is 1. The van der Waals surface area contributed by atoms with E-state index in [0.29, 0.717) is 26.1 Å². The van der Waals surface area contributed by atoms with Crippen molar-refractivity contribution in [1.82, 2.24) is 15.8 Å². The van der Waals surface area contributed by atoms with Crippen molar-refractivity contribution in [2.24, 2.45) is 0 Å². The monoisotopic (exact) mass is 355 g/mol. The Morgan fingerprint density at radius 3 is 2.62 bits per heavy atom. The van der Waals surface area contributed by atoms with Crippen LogP contribution in [0.15, 0.2) is 48.2 Å². The number of fused-ring (bicyclic) bond motifs is 1. The van der Waals surface area contributed by atoms with Gasteiger partial charge in [-0.2, -0.15) is 0 Å². The first kappa shape index (κ1) is 17.6. The van der Waals surface area contributed by atoms with Gasteiger partial charge in [0.2, 0.25) is 0 Å². The molecule has 2 aromatic carbocycles. The first-order chi connectivity index (χ1) is 12.6. The summed E-state index contributed by atoms with van der Waals surface area (Å²) < 4.78 is 4.96. The zero-order chi connectivity index (χ0) is 18.5. The quantitative estimate of drug-likeness (QED) is 0.733. The predicted molar refractivity (Wildman–Crippen MR) is 97.5 cm³/mol. The molecule has 0 atom stereocenters. The highest BCUT2D eigenvalue weighted by atomic mass is 16.6. The second-order valence-corrected chi connectivity index (χ2v) is 5.92. The summed E-state index contributed by atoms with van der Waals surface area (Å²) in [5, 5.41) is 11.8. The number of nitrogens with zero attached hydrogens (tertiary/aromatic N) is 1. The van der Waals surface area contributed by atoms with Crippen LogP contribution in [0.4, 0.5) is 4.79 Å². The molecule has 0 aromatic heterocycles. The molecule has 2 aromatic rings. The molecule has 26 heavy (non-hydrogen) atoms. The van der Waals surface area contributed by atoms with E-state index < -0.39 is 5.91 Å². The van der Waals surface area contributed by atoms with Crippen molar-refractivity contribution in [3.8, 4) is 5.75 Å². The van der Waals surface area contributed by atoms with Crippen molar-refractivity contribution in [1.29, 1.82) is 0 Å². The van der Waals surface area contributed by atoms with Crippen LogP contribution >= 0.6 is 0 Å². The van der Waals surface area contributed by atoms with Gasteiger partial charge in [0.25, 0.3) is 5.91 Å². The second-order valence-electron chi connectivity index (χ2n) is 5.92. The number of ether oxygens (including phenoxy) is 1. The summed E-state index contributed by atoms with van der Waals surface area (Å²) >= 11 is 0. The average Bonchev–Trinajstić information content (AvgIpc) is 2.66. The molecular formula is C19H21N3O4. The van der Waals surface area contributed by atoms with Crippen LogP contribution in [0, 0.1) is 0 Å². The number of aromatic hydroxyl groups is 1. The maximum Gasteiger partial charge on any atom is 0.410 e. The molecule has 0 fully saturated rings. The summed E-state index contributed by atoms with van der Waals surface area (Å²) in [5.74, 6) is -0.504. The van der Waals surface area contributed by atoms with E-state index in [4.69, 9.17) is 4.74 Å². The van der Waals surface area contributed by atoms with E-state index in [9.17, 15) is 14.7 Å². The number of carbonyl (C=O) groups excluding carboxylic acids is 2. The molecular weight excluding hydrogens is 334 g/mol. The molecule has 3 rings (SSSR count). The van der Waals surface area contributed by atoms with Gasteiger partial charge in [-0.15, -0.1) is 0 Å². The van der Waals surface area contributed by atoms with E-state index in [1.165, 1.54) is 0 Å². The molecule has 0 bridgehead atoms. The van der Waals surface area contributed by atoms with Gasteiger partial charge in [0, 0.05) is 25.2 Å². The number of phenolic OH excluding ortho intramolecular Hbond substituents is 1. The summed E-state index contributed by atoms with van der Waals surface area (Å²) in [6.07, 6.45) is 2.05. The number of phenols is 1. The van der Waals surface area contributed by atoms with Crippen LogP contribution in [0.1, 0.15) is 23.7 Å². The molecule has 2 amide bonds. The van der Waals surface area contributed by atoms with Gasteiger partial charge < -0.3 is 20.2 Å². The maximum absolute atomic E-state index is 12.4. The molecule has 7 nitrogen and oxygen atoms in total. The van der Waals surface area contributed by atoms with Crippen molar-refractivity contribution in [3.63, 3.8) is 0 Å². The molecule has 136 valence electrons. The smallest absolute Gasteiger partial charge is 0.410 e. The lowest BCUT2D eigenvalue weighted by molar-refractivity contribution is 0.0930. The largest absolute Gasteiger partial charge is 0.507 e. The van der Waals surface area contributed by atoms with Crippen molar-refractivity contribution in [2.45, 2.75) is 13.3 Å². The zero-order valence-electron chi connectivity index (χ0n) is 14.5. The predicted octanol–water partition coefficient (Wildman–Crippen LogP) is 2.53. The van der Waals surface area contributed by atoms with Crippen molar-refractivity contribution in [3.05, 3.63) is 53.7 Å². The Balaban J connectivity index is 1.61. The van der Waals surface area contributed by atoms with E-state index in [-0.39, 0.29) is 17.4 Å². The third-order valence-corrected chi connectivity index (χ3v) is 4.18. The summed E-state index contributed by atoms with van der Waals surface area (Å²) in [6, 6.07) is 10.7. The average molecular weight is 355 g/mol. The minimum absolute atomic E-state index is 0.0749. The van der Waals surface area contributed by atoms with Gasteiger partial charge in [-0.05, 0) is 35.9 Å². The fourth-order valence-corrected chi connectivity index (χ4v) is 2.78. The van der Waals surface area contributed by atoms with Crippen molar-refractivity contribution >= 4 is 22.8 Å². The Morgan fingerprint density at radius 1 is 1.23 bits per heavy atom. The molecule has 0 saturated heterocycles. The molecule has 7 heteroatoms. The van der Waals surface area contributed by atoms with Crippen LogP contribution in [0.25, 0.3) is 10.8 Å². The van der Waals surface area contributed by atoms with Crippen molar-refractivity contribution in [2.75, 3.05) is 19.7 Å². The van der Waals surface area contributed by atoms with Crippen LogP contribution in [-0.2, 0) is 4.74 Å². The Bertz CT molecular complexity index is 863. The Labute approximate surface area is 151 Å². The van der Waals surface area contributed by atoms with Gasteiger partial charge in [0.1, 0.15) is 5.75 Å². The van der Waals surface area contributed by atoms with Crippen molar-refractivity contribution < 1.29 is 19.4 Å². The summed E-state index contributed by atoms with van der Waals surface area (Å²) in [4.78, 5) is 25.6. The molecule has 0 saturated carbocycles. The van der Waals surface area contributed by atoms with Gasteiger partial charge >= 0.3 is 6.09 Å². The number of benzene rings is 2. The molecule has 0 spiro atoms. The fraction of sp³-hybridized carbons (Fsp3) is 0.263. The molecule has 1 heterocycles. The van der Waals surface area contributed by atoms with E-state index in [2.05, 4.69) is 10.9 Å². The lowest BCUT2D eigenvalue weighted by Crippen LogP contribution is -2.42. The molecule has 3 N–H and O–H groups in total. The molecule has 0 radical (unpaired) electrons. The zero-order valence-corrected chi connectivity index (χ0v) is 14.5. The lowest BCUT2D eigenvalue weighted by atomic mass is 10.1. The minimum Gasteiger partial charge on any atom is -0.507 e. The minimum atomic E-state index is -0.429. The molecule has 0 unspecified atom stereocenters. The highest BCUT2D eigenvalue weighted by molar-refractivity contribution is 6.01. The molecule has 1 aliphatic heterocycles. The number of rotatable bonds is 4. The summed E-state index contributed by atoms with van der Waals surface area (Å²) in [6.45, 7) is 3.03. The Hall–Kier alpha value is -3.22. The van der Waals surface area contributed by atoms with Gasteiger partial charge in [-0.25, -0.2) is 4.79 Å². The standard InChI is InChI=1S/C19H21N3O4/c1-2-26-19(25)22-9-7-15(8-10-22)20-21-18(24)16-11-13-5-3-4-6-14(13)12-17(16)23/h3-7,11-12,20,23H,2,8-10H2,1H3,(H,21,24). The third kappa shape index (κ3) is 3.88. The Kier molecular flexibility index (Phi) is 5.26. The topological polar surface area (TPSA) is 90.9 Å². The number of carbonyl (C=O) groups is 2. The third-order valence-electron chi connectivity index (χ3n) is 4.18. The number of hydrogen-bond acceptors (Lipinski definition) is 5. The number of amides is 2. The number of hydrogen-bond donors (Lipinski definition) is 3. The fourth-order valence-electron chi connectivity index (χ4n) is 2.78. The van der Waals surface area contributed by atoms with Crippen LogP contribution in [0.2, 0.25) is 0 Å². The van der Waals surface area contributed by atoms with Gasteiger partial charge in [0.15, 0.2) is 0 Å². The first-order valence-electron chi connectivity index (χ1n) is 8.47. The lowest BCUT2D eigenvalue weighted by Gasteiger charge is -2.26. The first-order valence-corrected chi connectivity index (χ1v) is 8.47.